The molecule has 2 aliphatic carbocycles. The van der Waals surface area contributed by atoms with Crippen molar-refractivity contribution in [2.24, 2.45) is 17.8 Å². The van der Waals surface area contributed by atoms with Crippen LogP contribution >= 0.6 is 23.1 Å². The fourth-order valence-electron chi connectivity index (χ4n) is 5.51. The summed E-state index contributed by atoms with van der Waals surface area (Å²) in [6, 6.07) is 4.43. The van der Waals surface area contributed by atoms with Gasteiger partial charge in [-0.05, 0) is 61.8 Å². The van der Waals surface area contributed by atoms with Crippen LogP contribution in [0.25, 0.3) is 10.7 Å². The third-order valence-corrected chi connectivity index (χ3v) is 8.72. The summed E-state index contributed by atoms with van der Waals surface area (Å²) < 4.78 is 2.26. The van der Waals surface area contributed by atoms with E-state index in [0.717, 1.165) is 34.1 Å². The molecule has 4 atom stereocenters. The normalized spacial score (nSPS) is 27.1. The minimum Gasteiger partial charge on any atom is -0.298 e. The van der Waals surface area contributed by atoms with Crippen LogP contribution in [0.2, 0.25) is 0 Å². The largest absolute Gasteiger partial charge is 0.298 e. The Morgan fingerprint density at radius 3 is 2.90 bits per heavy atom. The van der Waals surface area contributed by atoms with E-state index in [1.807, 2.05) is 6.07 Å². The number of likely N-dealkylation sites (tertiary alicyclic amines) is 1. The highest BCUT2D eigenvalue weighted by atomic mass is 32.2. The third-order valence-electron chi connectivity index (χ3n) is 6.92. The second kappa shape index (κ2) is 7.87. The van der Waals surface area contributed by atoms with Crippen LogP contribution in [0.15, 0.2) is 22.7 Å². The van der Waals surface area contributed by atoms with Gasteiger partial charge in [-0.1, -0.05) is 24.2 Å². The van der Waals surface area contributed by atoms with E-state index in [-0.39, 0.29) is 17.6 Å². The van der Waals surface area contributed by atoms with Crippen LogP contribution in [0, 0.1) is 17.8 Å². The topological polar surface area (TPSA) is 68.1 Å². The van der Waals surface area contributed by atoms with E-state index in [4.69, 9.17) is 0 Å². The summed E-state index contributed by atoms with van der Waals surface area (Å²) in [5.74, 6) is 3.31. The van der Waals surface area contributed by atoms with Crippen molar-refractivity contribution in [3.8, 4) is 10.7 Å². The average molecular weight is 431 g/mol. The third kappa shape index (κ3) is 3.54. The summed E-state index contributed by atoms with van der Waals surface area (Å²) >= 11 is 3.09. The maximum absolute atomic E-state index is 12.5. The first-order valence-corrected chi connectivity index (χ1v) is 12.4. The van der Waals surface area contributed by atoms with Gasteiger partial charge in [0.2, 0.25) is 11.8 Å². The van der Waals surface area contributed by atoms with Crippen molar-refractivity contribution in [3.05, 3.63) is 17.5 Å². The van der Waals surface area contributed by atoms with Gasteiger partial charge < -0.3 is 0 Å². The van der Waals surface area contributed by atoms with Crippen molar-refractivity contribution in [3.63, 3.8) is 0 Å². The fourth-order valence-corrected chi connectivity index (χ4v) is 7.11. The standard InChI is InChI=1S/C21H26N4O2S2/c1-13(16-11-14-6-7-15(16)10-14)25-20(17-4-3-9-28-17)22-23-21(25)29-12-19(27)24-8-2-5-18(24)26/h3-4,9,13-16H,2,5-8,10-12H2,1H3/t13-,14+,15+,16+/m1/s1. The number of nitrogens with zero attached hydrogens (tertiary/aromatic N) is 4. The lowest BCUT2D eigenvalue weighted by atomic mass is 9.84. The Morgan fingerprint density at radius 2 is 2.24 bits per heavy atom. The molecule has 0 spiro atoms. The number of rotatable bonds is 6. The van der Waals surface area contributed by atoms with Gasteiger partial charge in [0.1, 0.15) is 0 Å². The van der Waals surface area contributed by atoms with E-state index in [2.05, 4.69) is 33.1 Å². The van der Waals surface area contributed by atoms with Crippen molar-refractivity contribution in [2.75, 3.05) is 12.3 Å². The number of thiophene rings is 1. The summed E-state index contributed by atoms with van der Waals surface area (Å²) in [4.78, 5) is 26.9. The zero-order chi connectivity index (χ0) is 20.0. The van der Waals surface area contributed by atoms with E-state index in [0.29, 0.717) is 24.9 Å². The molecule has 2 aromatic heterocycles. The summed E-state index contributed by atoms with van der Waals surface area (Å²) in [6.45, 7) is 2.84. The number of carbonyl (C=O) groups excluding carboxylic acids is 2. The first-order valence-electron chi connectivity index (χ1n) is 10.6. The molecule has 3 fully saturated rings. The van der Waals surface area contributed by atoms with Crippen molar-refractivity contribution >= 4 is 34.9 Å². The first kappa shape index (κ1) is 19.3. The van der Waals surface area contributed by atoms with Gasteiger partial charge in [-0.25, -0.2) is 0 Å². The molecule has 154 valence electrons. The molecule has 2 aromatic rings. The Kier molecular flexibility index (Phi) is 5.24. The minimum atomic E-state index is -0.114. The number of thioether (sulfide) groups is 1. The Morgan fingerprint density at radius 1 is 1.34 bits per heavy atom. The predicted octanol–water partition coefficient (Wildman–Crippen LogP) is 4.24. The SMILES string of the molecule is C[C@H]([C@@H]1C[C@H]2CC[C@H]1C2)n1c(SCC(=O)N2CCCC2=O)nnc1-c1cccs1. The van der Waals surface area contributed by atoms with Crippen LogP contribution in [-0.2, 0) is 9.59 Å². The van der Waals surface area contributed by atoms with Crippen LogP contribution < -0.4 is 0 Å². The molecule has 0 unspecified atom stereocenters. The number of hydrogen-bond acceptors (Lipinski definition) is 6. The molecule has 5 rings (SSSR count). The second-order valence-electron chi connectivity index (χ2n) is 8.56. The van der Waals surface area contributed by atoms with Crippen LogP contribution in [-0.4, -0.2) is 43.8 Å². The predicted molar refractivity (Wildman–Crippen MR) is 114 cm³/mol. The van der Waals surface area contributed by atoms with Crippen LogP contribution in [0.5, 0.6) is 0 Å². The lowest BCUT2D eigenvalue weighted by Crippen LogP contribution is -2.33. The van der Waals surface area contributed by atoms with Gasteiger partial charge in [-0.15, -0.1) is 21.5 Å². The zero-order valence-corrected chi connectivity index (χ0v) is 18.3. The average Bonchev–Trinajstić information content (AvgIpc) is 3.53. The highest BCUT2D eigenvalue weighted by molar-refractivity contribution is 7.99. The maximum Gasteiger partial charge on any atom is 0.239 e. The van der Waals surface area contributed by atoms with Gasteiger partial charge in [-0.2, -0.15) is 0 Å². The van der Waals surface area contributed by atoms with Gasteiger partial charge in [0.25, 0.3) is 0 Å². The maximum atomic E-state index is 12.5. The number of aromatic nitrogens is 3. The van der Waals surface area contributed by atoms with Gasteiger partial charge in [0.05, 0.1) is 10.6 Å². The second-order valence-corrected chi connectivity index (χ2v) is 10.5. The molecule has 0 radical (unpaired) electrons. The summed E-state index contributed by atoms with van der Waals surface area (Å²) in [5.41, 5.74) is 0. The molecule has 0 aromatic carbocycles. The highest BCUT2D eigenvalue weighted by Gasteiger charge is 2.43. The van der Waals surface area contributed by atoms with E-state index in [1.54, 1.807) is 11.3 Å². The molecule has 2 bridgehead atoms. The van der Waals surface area contributed by atoms with Crippen LogP contribution in [0.1, 0.15) is 51.5 Å². The molecule has 2 amide bonds. The van der Waals surface area contributed by atoms with Gasteiger partial charge >= 0.3 is 0 Å². The molecule has 0 N–H and O–H groups in total. The smallest absolute Gasteiger partial charge is 0.239 e. The van der Waals surface area contributed by atoms with Crippen molar-refractivity contribution in [2.45, 2.75) is 56.6 Å². The molecular formula is C21H26N4O2S2. The number of fused-ring (bicyclic) bond motifs is 2. The lowest BCUT2D eigenvalue weighted by Gasteiger charge is -2.30. The van der Waals surface area contributed by atoms with E-state index in [1.165, 1.54) is 42.3 Å². The monoisotopic (exact) mass is 430 g/mol. The minimum absolute atomic E-state index is 0.0494. The molecule has 8 heteroatoms. The van der Waals surface area contributed by atoms with Crippen molar-refractivity contribution in [1.29, 1.82) is 0 Å². The molecule has 1 saturated heterocycles. The number of carbonyl (C=O) groups is 2. The van der Waals surface area contributed by atoms with Crippen LogP contribution in [0.4, 0.5) is 0 Å². The number of amides is 2. The summed E-state index contributed by atoms with van der Waals surface area (Å²) in [6.07, 6.45) is 6.64. The van der Waals surface area contributed by atoms with Crippen molar-refractivity contribution < 1.29 is 9.59 Å². The molecule has 3 aliphatic rings. The Hall–Kier alpha value is -1.67. The summed E-state index contributed by atoms with van der Waals surface area (Å²) in [5, 5.41) is 11.8. The summed E-state index contributed by atoms with van der Waals surface area (Å²) in [7, 11) is 0. The van der Waals surface area contributed by atoms with Gasteiger partial charge in [-0.3, -0.25) is 19.1 Å². The molecule has 29 heavy (non-hydrogen) atoms. The quantitative estimate of drug-likeness (QED) is 0.641. The lowest BCUT2D eigenvalue weighted by molar-refractivity contribution is -0.140. The number of hydrogen-bond donors (Lipinski definition) is 0. The van der Waals surface area contributed by atoms with E-state index in [9.17, 15) is 9.59 Å². The zero-order valence-electron chi connectivity index (χ0n) is 16.6. The number of imide groups is 1. The van der Waals surface area contributed by atoms with E-state index < -0.39 is 0 Å². The van der Waals surface area contributed by atoms with Crippen LogP contribution in [0.3, 0.4) is 0 Å². The molecule has 2 saturated carbocycles. The van der Waals surface area contributed by atoms with Gasteiger partial charge in [0.15, 0.2) is 11.0 Å². The Labute approximate surface area is 179 Å². The molecule has 3 heterocycles. The molecule has 6 nitrogen and oxygen atoms in total. The first-order chi connectivity index (χ1) is 14.1. The molecule has 1 aliphatic heterocycles. The highest BCUT2D eigenvalue weighted by Crippen LogP contribution is 2.53. The Bertz CT molecular complexity index is 910. The van der Waals surface area contributed by atoms with Crippen molar-refractivity contribution in [1.82, 2.24) is 19.7 Å². The fraction of sp³-hybridized carbons (Fsp3) is 0.619. The van der Waals surface area contributed by atoms with Gasteiger partial charge in [0, 0.05) is 19.0 Å². The Balaban J connectivity index is 1.39. The molecular weight excluding hydrogens is 404 g/mol. The van der Waals surface area contributed by atoms with E-state index >= 15 is 0 Å².